The van der Waals surface area contributed by atoms with Gasteiger partial charge in [0.2, 0.25) is 0 Å². The average Bonchev–Trinajstić information content (AvgIpc) is 3.30. The third kappa shape index (κ3) is 2.07. The van der Waals surface area contributed by atoms with E-state index in [1.54, 1.807) is 10.6 Å². The van der Waals surface area contributed by atoms with Crippen molar-refractivity contribution in [3.8, 4) is 5.69 Å². The number of hydrogen-bond donors (Lipinski definition) is 2. The summed E-state index contributed by atoms with van der Waals surface area (Å²) < 4.78 is 3.88. The Balaban J connectivity index is 1.76. The van der Waals surface area contributed by atoms with Crippen molar-refractivity contribution in [2.45, 2.75) is 6.17 Å². The molecule has 1 aliphatic rings. The first-order chi connectivity index (χ1) is 12.7. The van der Waals surface area contributed by atoms with E-state index in [1.807, 2.05) is 49.5 Å². The number of hydrazine groups is 1. The third-order valence-corrected chi connectivity index (χ3v) is 4.84. The normalized spacial score (nSPS) is 16.4. The van der Waals surface area contributed by atoms with E-state index < -0.39 is 0 Å². The fourth-order valence-electron chi connectivity index (χ4n) is 3.57. The fraction of sp³-hybridized carbons (Fsp3) is 0.105. The predicted molar refractivity (Wildman–Crippen MR) is 99.9 cm³/mol. The SMILES string of the molecule is Cn1c2ccccc2c2c1ccc(=O)n2-c1ccc(C2N=NNN2)cc1. The summed E-state index contributed by atoms with van der Waals surface area (Å²) in [6, 6.07) is 19.4. The molecule has 0 fully saturated rings. The number of hydrogen-bond acceptors (Lipinski definition) is 5. The number of pyridine rings is 1. The standard InChI is InChI=1S/C19H16N6O/c1-24-15-5-3-2-4-14(15)18-16(24)10-11-17(26)25(18)13-8-6-12(7-9-13)19-20-22-23-21-19/h2-11,19H,1H3,(H,20,23)(H,21,22). The highest BCUT2D eigenvalue weighted by Gasteiger charge is 2.16. The van der Waals surface area contributed by atoms with Crippen LogP contribution in [0.3, 0.4) is 0 Å². The quantitative estimate of drug-likeness (QED) is 0.587. The second kappa shape index (κ2) is 5.53. The van der Waals surface area contributed by atoms with Crippen LogP contribution in [0.2, 0.25) is 0 Å². The van der Waals surface area contributed by atoms with E-state index in [0.29, 0.717) is 0 Å². The van der Waals surface area contributed by atoms with Gasteiger partial charge in [-0.1, -0.05) is 35.6 Å². The second-order valence-electron chi connectivity index (χ2n) is 6.28. The molecule has 2 N–H and O–H groups in total. The van der Waals surface area contributed by atoms with Crippen LogP contribution in [0, 0.1) is 0 Å². The van der Waals surface area contributed by atoms with Gasteiger partial charge in [-0.25, -0.2) is 5.53 Å². The molecule has 2 aromatic carbocycles. The number of benzene rings is 2. The van der Waals surface area contributed by atoms with E-state index in [-0.39, 0.29) is 11.7 Å². The van der Waals surface area contributed by atoms with Crippen LogP contribution in [0.15, 0.2) is 75.8 Å². The van der Waals surface area contributed by atoms with Crippen LogP contribution in [0.5, 0.6) is 0 Å². The van der Waals surface area contributed by atoms with Crippen molar-refractivity contribution < 1.29 is 0 Å². The van der Waals surface area contributed by atoms with E-state index in [0.717, 1.165) is 33.2 Å². The Morgan fingerprint density at radius 1 is 0.962 bits per heavy atom. The van der Waals surface area contributed by atoms with Crippen LogP contribution < -0.4 is 16.5 Å². The molecule has 4 aromatic rings. The number of aromatic nitrogens is 2. The minimum absolute atomic E-state index is 0.0538. The van der Waals surface area contributed by atoms with E-state index in [1.165, 1.54) is 0 Å². The molecule has 7 nitrogen and oxygen atoms in total. The third-order valence-electron chi connectivity index (χ3n) is 4.84. The number of nitrogens with zero attached hydrogens (tertiary/aromatic N) is 4. The van der Waals surface area contributed by atoms with Crippen molar-refractivity contribution in [1.82, 2.24) is 20.1 Å². The Bertz CT molecular complexity index is 1220. The summed E-state index contributed by atoms with van der Waals surface area (Å²) in [6.45, 7) is 0. The number of nitrogens with one attached hydrogen (secondary N) is 2. The van der Waals surface area contributed by atoms with Gasteiger partial charge >= 0.3 is 0 Å². The Kier molecular flexibility index (Phi) is 3.16. The Hall–Kier alpha value is -3.45. The first-order valence-corrected chi connectivity index (χ1v) is 8.34. The minimum Gasteiger partial charge on any atom is -0.342 e. The Morgan fingerprint density at radius 3 is 2.54 bits per heavy atom. The fourth-order valence-corrected chi connectivity index (χ4v) is 3.57. The zero-order valence-corrected chi connectivity index (χ0v) is 14.0. The van der Waals surface area contributed by atoms with Gasteiger partial charge in [0.1, 0.15) is 0 Å². The van der Waals surface area contributed by atoms with Crippen molar-refractivity contribution in [3.05, 3.63) is 76.6 Å². The molecule has 0 saturated heterocycles. The topological polar surface area (TPSA) is 75.7 Å². The summed E-state index contributed by atoms with van der Waals surface area (Å²) >= 11 is 0. The molecule has 1 unspecified atom stereocenters. The van der Waals surface area contributed by atoms with Crippen molar-refractivity contribution in [2.75, 3.05) is 0 Å². The molecule has 2 aromatic heterocycles. The Morgan fingerprint density at radius 2 is 1.77 bits per heavy atom. The molecule has 1 atom stereocenters. The summed E-state index contributed by atoms with van der Waals surface area (Å²) in [5.41, 5.74) is 10.3. The monoisotopic (exact) mass is 344 g/mol. The zero-order valence-electron chi connectivity index (χ0n) is 14.0. The van der Waals surface area contributed by atoms with Crippen molar-refractivity contribution in [1.29, 1.82) is 0 Å². The summed E-state index contributed by atoms with van der Waals surface area (Å²) in [5, 5.41) is 8.83. The summed E-state index contributed by atoms with van der Waals surface area (Å²) in [4.78, 5) is 12.7. The van der Waals surface area contributed by atoms with Gasteiger partial charge in [-0.15, -0.1) is 5.11 Å². The van der Waals surface area contributed by atoms with Crippen LogP contribution in [0.1, 0.15) is 11.7 Å². The smallest absolute Gasteiger partial charge is 0.255 e. The number of fused-ring (bicyclic) bond motifs is 3. The van der Waals surface area contributed by atoms with E-state index in [9.17, 15) is 4.79 Å². The van der Waals surface area contributed by atoms with Crippen LogP contribution >= 0.6 is 0 Å². The van der Waals surface area contributed by atoms with Gasteiger partial charge in [-0.3, -0.25) is 9.36 Å². The molecule has 7 heteroatoms. The maximum atomic E-state index is 12.7. The molecule has 26 heavy (non-hydrogen) atoms. The molecule has 1 aliphatic heterocycles. The van der Waals surface area contributed by atoms with Crippen LogP contribution in [0.25, 0.3) is 27.6 Å². The summed E-state index contributed by atoms with van der Waals surface area (Å²) in [5.74, 6) is 0. The largest absolute Gasteiger partial charge is 0.342 e. The van der Waals surface area contributed by atoms with Gasteiger partial charge in [0.05, 0.1) is 16.6 Å². The van der Waals surface area contributed by atoms with Gasteiger partial charge in [-0.2, -0.15) is 5.43 Å². The van der Waals surface area contributed by atoms with Crippen LogP contribution in [0.4, 0.5) is 0 Å². The van der Waals surface area contributed by atoms with Gasteiger partial charge < -0.3 is 4.57 Å². The molecular formula is C19H16N6O. The minimum atomic E-state index is -0.214. The van der Waals surface area contributed by atoms with Gasteiger partial charge in [-0.05, 0) is 29.8 Å². The highest BCUT2D eigenvalue weighted by atomic mass is 16.1. The average molecular weight is 344 g/mol. The molecule has 0 radical (unpaired) electrons. The lowest BCUT2D eigenvalue weighted by molar-refractivity contribution is 0.552. The molecule has 0 saturated carbocycles. The molecule has 0 spiro atoms. The molecular weight excluding hydrogens is 328 g/mol. The maximum absolute atomic E-state index is 12.7. The molecule has 5 rings (SSSR count). The molecule has 3 heterocycles. The zero-order chi connectivity index (χ0) is 17.7. The first-order valence-electron chi connectivity index (χ1n) is 8.34. The molecule has 128 valence electrons. The summed E-state index contributed by atoms with van der Waals surface area (Å²) in [6.07, 6.45) is -0.214. The highest BCUT2D eigenvalue weighted by Crippen LogP contribution is 2.29. The lowest BCUT2D eigenvalue weighted by atomic mass is 10.1. The molecule has 0 aliphatic carbocycles. The predicted octanol–water partition coefficient (Wildman–Crippen LogP) is 2.96. The van der Waals surface area contributed by atoms with Gasteiger partial charge in [0.15, 0.2) is 6.17 Å². The highest BCUT2D eigenvalue weighted by molar-refractivity contribution is 6.06. The lowest BCUT2D eigenvalue weighted by Gasteiger charge is -2.11. The molecule has 0 amide bonds. The van der Waals surface area contributed by atoms with Crippen LogP contribution in [-0.2, 0) is 7.05 Å². The molecule has 0 bridgehead atoms. The van der Waals surface area contributed by atoms with E-state index in [4.69, 9.17) is 0 Å². The number of rotatable bonds is 2. The van der Waals surface area contributed by atoms with Crippen molar-refractivity contribution >= 4 is 21.9 Å². The summed E-state index contributed by atoms with van der Waals surface area (Å²) in [7, 11) is 2.02. The van der Waals surface area contributed by atoms with E-state index in [2.05, 4.69) is 38.0 Å². The van der Waals surface area contributed by atoms with Crippen molar-refractivity contribution in [3.63, 3.8) is 0 Å². The second-order valence-corrected chi connectivity index (χ2v) is 6.28. The Labute approximate surface area is 148 Å². The lowest BCUT2D eigenvalue weighted by Crippen LogP contribution is -2.24. The van der Waals surface area contributed by atoms with E-state index >= 15 is 0 Å². The number of aryl methyl sites for hydroxylation is 1. The van der Waals surface area contributed by atoms with Crippen molar-refractivity contribution in [2.24, 2.45) is 17.4 Å². The van der Waals surface area contributed by atoms with Gasteiger partial charge in [0.25, 0.3) is 5.56 Å². The number of para-hydroxylation sites is 1. The van der Waals surface area contributed by atoms with Crippen LogP contribution in [-0.4, -0.2) is 9.13 Å². The maximum Gasteiger partial charge on any atom is 0.255 e. The van der Waals surface area contributed by atoms with Gasteiger partial charge in [0, 0.05) is 24.2 Å². The first kappa shape index (κ1) is 14.9.